The van der Waals surface area contributed by atoms with E-state index in [1.54, 1.807) is 12.3 Å². The third kappa shape index (κ3) is 1.84. The minimum absolute atomic E-state index is 0.0234. The highest BCUT2D eigenvalue weighted by atomic mass is 16.6. The molecular formula is C11H13N3O3. The van der Waals surface area contributed by atoms with Gasteiger partial charge in [0.25, 0.3) is 0 Å². The Hall–Kier alpha value is -1.69. The van der Waals surface area contributed by atoms with Crippen LogP contribution in [-0.2, 0) is 4.74 Å². The van der Waals surface area contributed by atoms with E-state index in [1.165, 1.54) is 6.07 Å². The molecule has 2 saturated heterocycles. The first-order chi connectivity index (χ1) is 8.24. The van der Waals surface area contributed by atoms with Crippen molar-refractivity contribution in [3.05, 3.63) is 28.4 Å². The monoisotopic (exact) mass is 235 g/mol. The van der Waals surface area contributed by atoms with Gasteiger partial charge in [0.15, 0.2) is 0 Å². The molecule has 3 heterocycles. The Morgan fingerprint density at radius 2 is 2.41 bits per heavy atom. The second kappa shape index (κ2) is 3.96. The van der Waals surface area contributed by atoms with Crippen LogP contribution in [0, 0.1) is 10.1 Å². The highest BCUT2D eigenvalue weighted by Gasteiger charge is 2.41. The molecule has 0 aliphatic carbocycles. The smallest absolute Gasteiger partial charge is 0.311 e. The van der Waals surface area contributed by atoms with Crippen molar-refractivity contribution in [2.75, 3.05) is 5.32 Å². The van der Waals surface area contributed by atoms with Gasteiger partial charge >= 0.3 is 5.69 Å². The molecule has 90 valence electrons. The standard InChI is InChI=1S/C11H13N3O3/c15-14(16)9-2-1-5-12-11(9)13-8-6-7-3-4-10(8)17-7/h1-2,5,7-8,10H,3-4,6H2,(H,12,13). The quantitative estimate of drug-likeness (QED) is 0.637. The number of hydrogen-bond acceptors (Lipinski definition) is 5. The van der Waals surface area contributed by atoms with E-state index in [-0.39, 0.29) is 17.8 Å². The Balaban J connectivity index is 1.79. The molecule has 0 radical (unpaired) electrons. The SMILES string of the molecule is O=[N+]([O-])c1cccnc1NC1CC2CCC1O2. The molecule has 2 bridgehead atoms. The fourth-order valence-corrected chi connectivity index (χ4v) is 2.62. The van der Waals surface area contributed by atoms with Crippen molar-refractivity contribution in [1.82, 2.24) is 4.98 Å². The molecule has 2 fully saturated rings. The fraction of sp³-hybridized carbons (Fsp3) is 0.545. The second-order valence-corrected chi connectivity index (χ2v) is 4.49. The predicted molar refractivity (Wildman–Crippen MR) is 60.8 cm³/mol. The summed E-state index contributed by atoms with van der Waals surface area (Å²) in [5.41, 5.74) is 0.0234. The van der Waals surface area contributed by atoms with Gasteiger partial charge in [-0.05, 0) is 25.3 Å². The molecule has 1 aromatic heterocycles. The molecule has 6 nitrogen and oxygen atoms in total. The number of nitrogens with one attached hydrogen (secondary N) is 1. The van der Waals surface area contributed by atoms with E-state index < -0.39 is 4.92 Å². The first kappa shape index (κ1) is 10.5. The lowest BCUT2D eigenvalue weighted by molar-refractivity contribution is -0.384. The number of hydrogen-bond donors (Lipinski definition) is 1. The van der Waals surface area contributed by atoms with Gasteiger partial charge in [-0.1, -0.05) is 0 Å². The fourth-order valence-electron chi connectivity index (χ4n) is 2.62. The van der Waals surface area contributed by atoms with Crippen molar-refractivity contribution in [2.24, 2.45) is 0 Å². The lowest BCUT2D eigenvalue weighted by atomic mass is 9.95. The molecule has 0 spiro atoms. The number of ether oxygens (including phenoxy) is 1. The van der Waals surface area contributed by atoms with Gasteiger partial charge in [0.1, 0.15) is 0 Å². The molecule has 2 aliphatic heterocycles. The zero-order valence-corrected chi connectivity index (χ0v) is 9.20. The summed E-state index contributed by atoms with van der Waals surface area (Å²) in [5, 5.41) is 14.0. The van der Waals surface area contributed by atoms with Gasteiger partial charge in [-0.2, -0.15) is 0 Å². The highest BCUT2D eigenvalue weighted by Crippen LogP contribution is 2.36. The van der Waals surface area contributed by atoms with E-state index in [0.717, 1.165) is 19.3 Å². The number of pyridine rings is 1. The molecule has 1 N–H and O–H groups in total. The third-order valence-electron chi connectivity index (χ3n) is 3.41. The molecule has 2 aliphatic rings. The molecule has 3 rings (SSSR count). The van der Waals surface area contributed by atoms with Crippen LogP contribution in [0.2, 0.25) is 0 Å². The summed E-state index contributed by atoms with van der Waals surface area (Å²) in [4.78, 5) is 14.5. The topological polar surface area (TPSA) is 77.3 Å². The van der Waals surface area contributed by atoms with Crippen LogP contribution in [0.25, 0.3) is 0 Å². The zero-order valence-electron chi connectivity index (χ0n) is 9.20. The van der Waals surface area contributed by atoms with Gasteiger partial charge < -0.3 is 10.1 Å². The predicted octanol–water partition coefficient (Wildman–Crippen LogP) is 1.72. The van der Waals surface area contributed by atoms with Gasteiger partial charge in [-0.15, -0.1) is 0 Å². The van der Waals surface area contributed by atoms with Crippen LogP contribution >= 0.6 is 0 Å². The van der Waals surface area contributed by atoms with E-state index in [2.05, 4.69) is 10.3 Å². The Kier molecular flexibility index (Phi) is 2.44. The zero-order chi connectivity index (χ0) is 11.8. The molecular weight excluding hydrogens is 222 g/mol. The molecule has 0 saturated carbocycles. The lowest BCUT2D eigenvalue weighted by Crippen LogP contribution is -2.31. The molecule has 1 aromatic rings. The Labute approximate surface area is 98.1 Å². The van der Waals surface area contributed by atoms with E-state index in [1.807, 2.05) is 0 Å². The number of nitro groups is 1. The summed E-state index contributed by atoms with van der Waals surface area (Å²) in [6.45, 7) is 0. The van der Waals surface area contributed by atoms with Crippen LogP contribution < -0.4 is 5.32 Å². The minimum atomic E-state index is -0.413. The summed E-state index contributed by atoms with van der Waals surface area (Å²) in [6, 6.07) is 3.19. The van der Waals surface area contributed by atoms with Crippen LogP contribution in [0.15, 0.2) is 18.3 Å². The lowest BCUT2D eigenvalue weighted by Gasteiger charge is -2.20. The van der Waals surface area contributed by atoms with Crippen molar-refractivity contribution >= 4 is 11.5 Å². The van der Waals surface area contributed by atoms with Crippen molar-refractivity contribution in [2.45, 2.75) is 37.5 Å². The first-order valence-corrected chi connectivity index (χ1v) is 5.75. The van der Waals surface area contributed by atoms with Gasteiger partial charge in [0, 0.05) is 12.3 Å². The summed E-state index contributed by atoms with van der Waals surface area (Å²) in [7, 11) is 0. The largest absolute Gasteiger partial charge is 0.373 e. The highest BCUT2D eigenvalue weighted by molar-refractivity contribution is 5.55. The van der Waals surface area contributed by atoms with Crippen LogP contribution in [-0.4, -0.2) is 28.2 Å². The van der Waals surface area contributed by atoms with E-state index in [4.69, 9.17) is 4.74 Å². The maximum Gasteiger partial charge on any atom is 0.311 e. The molecule has 17 heavy (non-hydrogen) atoms. The third-order valence-corrected chi connectivity index (χ3v) is 3.41. The Bertz CT molecular complexity index is 451. The van der Waals surface area contributed by atoms with Crippen LogP contribution in [0.4, 0.5) is 11.5 Å². The van der Waals surface area contributed by atoms with Gasteiger partial charge in [0.2, 0.25) is 5.82 Å². The maximum atomic E-state index is 10.8. The van der Waals surface area contributed by atoms with E-state index >= 15 is 0 Å². The van der Waals surface area contributed by atoms with Crippen molar-refractivity contribution in [1.29, 1.82) is 0 Å². The summed E-state index contributed by atoms with van der Waals surface area (Å²) in [5.74, 6) is 0.346. The summed E-state index contributed by atoms with van der Waals surface area (Å²) in [6.07, 6.45) is 5.11. The molecule has 0 amide bonds. The van der Waals surface area contributed by atoms with Crippen molar-refractivity contribution in [3.8, 4) is 0 Å². The first-order valence-electron chi connectivity index (χ1n) is 5.75. The molecule has 3 atom stereocenters. The number of nitrogens with zero attached hydrogens (tertiary/aromatic N) is 2. The number of fused-ring (bicyclic) bond motifs is 2. The van der Waals surface area contributed by atoms with Crippen LogP contribution in [0.3, 0.4) is 0 Å². The number of anilines is 1. The van der Waals surface area contributed by atoms with Gasteiger partial charge in [-0.3, -0.25) is 10.1 Å². The normalized spacial score (nSPS) is 30.5. The van der Waals surface area contributed by atoms with E-state index in [9.17, 15) is 10.1 Å². The maximum absolute atomic E-state index is 10.8. The number of rotatable bonds is 3. The number of aromatic nitrogens is 1. The average molecular weight is 235 g/mol. The molecule has 0 aromatic carbocycles. The van der Waals surface area contributed by atoms with Crippen LogP contribution in [0.1, 0.15) is 19.3 Å². The summed E-state index contributed by atoms with van der Waals surface area (Å²) >= 11 is 0. The second-order valence-electron chi connectivity index (χ2n) is 4.49. The van der Waals surface area contributed by atoms with Gasteiger partial charge in [0.05, 0.1) is 23.2 Å². The molecule has 3 unspecified atom stereocenters. The van der Waals surface area contributed by atoms with E-state index in [0.29, 0.717) is 11.9 Å². The summed E-state index contributed by atoms with van der Waals surface area (Å²) < 4.78 is 5.70. The van der Waals surface area contributed by atoms with Crippen molar-refractivity contribution < 1.29 is 9.66 Å². The average Bonchev–Trinajstić information content (AvgIpc) is 2.91. The minimum Gasteiger partial charge on any atom is -0.373 e. The van der Waals surface area contributed by atoms with Gasteiger partial charge in [-0.25, -0.2) is 4.98 Å². The Morgan fingerprint density at radius 3 is 3.06 bits per heavy atom. The van der Waals surface area contributed by atoms with Crippen molar-refractivity contribution in [3.63, 3.8) is 0 Å². The van der Waals surface area contributed by atoms with Crippen LogP contribution in [0.5, 0.6) is 0 Å². The molecule has 6 heteroatoms. The Morgan fingerprint density at radius 1 is 1.53 bits per heavy atom.